The number of ether oxygens (including phenoxy) is 5. The molecule has 0 amide bonds. The van der Waals surface area contributed by atoms with Crippen molar-refractivity contribution < 1.29 is 57.2 Å². The summed E-state index contributed by atoms with van der Waals surface area (Å²) in [5.41, 5.74) is 5.61. The first-order valence-electron chi connectivity index (χ1n) is 17.5. The molecule has 3 saturated heterocycles. The zero-order chi connectivity index (χ0) is 38.6. The van der Waals surface area contributed by atoms with Gasteiger partial charge < -0.3 is 49.8 Å². The first-order valence-corrected chi connectivity index (χ1v) is 18.8. The average Bonchev–Trinajstić information content (AvgIpc) is 3.35. The maximum absolute atomic E-state index is 16.4. The molecule has 2 unspecified atom stereocenters. The minimum absolute atomic E-state index is 0.0164. The Kier molecular flexibility index (Phi) is 14.5. The molecule has 0 saturated carbocycles. The molecule has 14 atom stereocenters. The minimum atomic E-state index is -3.10. The average molecular weight is 749 g/mol. The van der Waals surface area contributed by atoms with Crippen LogP contribution < -0.4 is 11.2 Å². The fourth-order valence-corrected chi connectivity index (χ4v) is 8.22. The number of hydrogen-bond acceptors (Lipinski definition) is 14. The van der Waals surface area contributed by atoms with Gasteiger partial charge in [-0.15, -0.1) is 0 Å². The monoisotopic (exact) mass is 748 g/mol. The van der Waals surface area contributed by atoms with Crippen LogP contribution in [-0.4, -0.2) is 121 Å². The van der Waals surface area contributed by atoms with E-state index in [2.05, 4.69) is 5.16 Å². The fraction of sp³-hybridized carbons (Fsp3) is 0.853. The van der Waals surface area contributed by atoms with E-state index >= 15 is 4.39 Å². The number of halogens is 1. The number of Topliss-reactive ketones (excluding diaryl/α,β-unsaturated/α-hetero) is 2. The molecule has 0 aromatic rings. The summed E-state index contributed by atoms with van der Waals surface area (Å²) in [6, 6.07) is -0.274. The Morgan fingerprint density at radius 2 is 1.75 bits per heavy atom. The number of esters is 2. The Balaban J connectivity index is 2.13. The van der Waals surface area contributed by atoms with Crippen molar-refractivity contribution in [3.8, 4) is 0 Å². The Morgan fingerprint density at radius 1 is 1.12 bits per heavy atom. The summed E-state index contributed by atoms with van der Waals surface area (Å²) in [5, 5.41) is 15.0. The third kappa shape index (κ3) is 9.08. The molecule has 0 aromatic carbocycles. The summed E-state index contributed by atoms with van der Waals surface area (Å²) in [6.45, 7) is 10.4. The summed E-state index contributed by atoms with van der Waals surface area (Å²) < 4.78 is 46.1. The third-order valence-corrected chi connectivity index (χ3v) is 11.1. The number of amidine groups is 1. The van der Waals surface area contributed by atoms with E-state index in [4.69, 9.17) is 39.8 Å². The van der Waals surface area contributed by atoms with Crippen LogP contribution in [0.15, 0.2) is 5.16 Å². The van der Waals surface area contributed by atoms with Gasteiger partial charge in [0.1, 0.15) is 30.3 Å². The number of oxime groups is 1. The van der Waals surface area contributed by atoms with Gasteiger partial charge >= 0.3 is 11.9 Å². The molecule has 5 N–H and O–H groups in total. The third-order valence-electron chi connectivity index (χ3n) is 10.8. The lowest BCUT2D eigenvalue weighted by Gasteiger charge is -2.44. The standard InChI is InChI=1S/C34H58FN4O11P/c1-11-22-33(7)24(23(29(43)50-33)28(36)38-47-16-51-37)20(5)25(40)17(2)13-34(45-10,14-18(3)27(42)32(6,35)31(44)49-22)15-46-30-26(41)21(39(8)9)12-19(4)48-30/h17-24,26,30,41,51H,11-16,37H2,1-10H3,(H2,36,38)/t17-,18-,19-,20-,21+,22+,23-,24+,26-,30?,32+,33+,34-/m1/s1. The molecule has 0 aromatic heterocycles. The van der Waals surface area contributed by atoms with E-state index in [1.54, 1.807) is 20.8 Å². The fourth-order valence-electron chi connectivity index (χ4n) is 8.08. The van der Waals surface area contributed by atoms with E-state index in [1.165, 1.54) is 21.0 Å². The molecule has 3 fully saturated rings. The van der Waals surface area contributed by atoms with E-state index in [0.717, 1.165) is 6.92 Å². The highest BCUT2D eigenvalue weighted by molar-refractivity contribution is 7.34. The summed E-state index contributed by atoms with van der Waals surface area (Å²) >= 11 is 0. The molecule has 0 bridgehead atoms. The SMILES string of the molecule is CC[C@@H]1OC(=O)[C@@](C)(F)C(=O)[C@H](C)C[C@](COC2O[C@H](C)C[C@H](N(C)C)[C@H]2O)(OC)C[C@@H](C)C(=O)[C@H](C)[C@H]2[C@H](/C(N)=N/OCPN)C(=O)O[C@]21C. The van der Waals surface area contributed by atoms with Crippen LogP contribution >= 0.6 is 8.73 Å². The molecule has 3 aliphatic rings. The summed E-state index contributed by atoms with van der Waals surface area (Å²) in [6.07, 6.45) is -3.16. The zero-order valence-corrected chi connectivity index (χ0v) is 32.5. The number of alkyl halides is 1. The maximum atomic E-state index is 16.4. The van der Waals surface area contributed by atoms with Crippen molar-refractivity contribution in [3.63, 3.8) is 0 Å². The van der Waals surface area contributed by atoms with Crippen LogP contribution in [0.25, 0.3) is 0 Å². The topological polar surface area (TPSA) is 212 Å². The Bertz CT molecular complexity index is 1310. The molecule has 3 aliphatic heterocycles. The van der Waals surface area contributed by atoms with Crippen LogP contribution in [0.3, 0.4) is 0 Å². The van der Waals surface area contributed by atoms with Crippen molar-refractivity contribution in [2.24, 2.45) is 46.0 Å². The molecule has 0 aliphatic carbocycles. The van der Waals surface area contributed by atoms with Gasteiger partial charge in [-0.25, -0.2) is 9.18 Å². The number of hydrogen-bond donors (Lipinski definition) is 3. The second-order valence-corrected chi connectivity index (χ2v) is 15.6. The van der Waals surface area contributed by atoms with Gasteiger partial charge in [0, 0.05) is 36.8 Å². The minimum Gasteiger partial charge on any atom is -0.455 e. The number of carbonyl (C=O) groups is 4. The second-order valence-electron chi connectivity index (χ2n) is 14.9. The lowest BCUT2D eigenvalue weighted by molar-refractivity contribution is -0.269. The van der Waals surface area contributed by atoms with Gasteiger partial charge in [-0.1, -0.05) is 32.9 Å². The van der Waals surface area contributed by atoms with E-state index in [1.807, 2.05) is 25.9 Å². The van der Waals surface area contributed by atoms with Crippen molar-refractivity contribution in [2.45, 2.75) is 122 Å². The van der Waals surface area contributed by atoms with Crippen LogP contribution in [0.1, 0.15) is 74.1 Å². The Morgan fingerprint density at radius 3 is 2.31 bits per heavy atom. The molecule has 3 heterocycles. The molecule has 51 heavy (non-hydrogen) atoms. The lowest BCUT2D eigenvalue weighted by Crippen LogP contribution is -2.56. The van der Waals surface area contributed by atoms with Crippen molar-refractivity contribution in [1.29, 1.82) is 0 Å². The normalized spacial score (nSPS) is 42.1. The second kappa shape index (κ2) is 17.2. The van der Waals surface area contributed by atoms with E-state index in [-0.39, 0.29) is 64.7 Å². The first kappa shape index (κ1) is 43.1. The van der Waals surface area contributed by atoms with Crippen LogP contribution in [-0.2, 0) is 47.7 Å². The van der Waals surface area contributed by atoms with Crippen molar-refractivity contribution in [1.82, 2.24) is 4.90 Å². The molecular weight excluding hydrogens is 690 g/mol. The lowest BCUT2D eigenvalue weighted by atomic mass is 9.67. The number of nitrogens with zero attached hydrogens (tertiary/aromatic N) is 2. The van der Waals surface area contributed by atoms with Gasteiger partial charge in [-0.2, -0.15) is 0 Å². The van der Waals surface area contributed by atoms with Crippen molar-refractivity contribution in [2.75, 3.05) is 34.2 Å². The number of aliphatic hydroxyl groups excluding tert-OH is 1. The van der Waals surface area contributed by atoms with Crippen molar-refractivity contribution in [3.05, 3.63) is 0 Å². The number of cyclic esters (lactones) is 1. The highest BCUT2D eigenvalue weighted by Crippen LogP contribution is 2.48. The maximum Gasteiger partial charge on any atom is 0.351 e. The van der Waals surface area contributed by atoms with Gasteiger partial charge in [0.15, 0.2) is 23.5 Å². The molecule has 292 valence electrons. The quantitative estimate of drug-likeness (QED) is 0.0556. The van der Waals surface area contributed by atoms with E-state index in [9.17, 15) is 24.3 Å². The zero-order valence-electron chi connectivity index (χ0n) is 31.5. The molecule has 3 rings (SSSR count). The molecular formula is C34H58FN4O11P. The van der Waals surface area contributed by atoms with Crippen LogP contribution in [0.4, 0.5) is 4.39 Å². The predicted octanol–water partition coefficient (Wildman–Crippen LogP) is 2.05. The van der Waals surface area contributed by atoms with Crippen LogP contribution in [0, 0.1) is 29.6 Å². The summed E-state index contributed by atoms with van der Waals surface area (Å²) in [4.78, 5) is 62.3. The molecule has 0 radical (unpaired) electrons. The van der Waals surface area contributed by atoms with Gasteiger partial charge in [-0.05, 0) is 69.3 Å². The predicted molar refractivity (Wildman–Crippen MR) is 186 cm³/mol. The number of methoxy groups -OCH3 is 1. The number of likely N-dealkylation sites (N-methyl/N-ethyl adjacent to an activating group) is 1. The first-order chi connectivity index (χ1) is 23.7. The Hall–Kier alpha value is -2.33. The van der Waals surface area contributed by atoms with E-state index < -0.39 is 82.7 Å². The number of ketones is 2. The molecule has 0 spiro atoms. The largest absolute Gasteiger partial charge is 0.455 e. The highest BCUT2D eigenvalue weighted by atomic mass is 31.1. The van der Waals surface area contributed by atoms with Gasteiger partial charge in [0.25, 0.3) is 5.67 Å². The number of rotatable bonds is 10. The highest BCUT2D eigenvalue weighted by Gasteiger charge is 2.63. The van der Waals surface area contributed by atoms with Gasteiger partial charge in [0.05, 0.1) is 18.3 Å². The van der Waals surface area contributed by atoms with Crippen LogP contribution in [0.2, 0.25) is 0 Å². The number of aliphatic hydroxyl groups is 1. The number of nitrogens with two attached hydrogens (primary N) is 2. The number of carbonyl (C=O) groups excluding carboxylic acids is 4. The van der Waals surface area contributed by atoms with E-state index in [0.29, 0.717) is 6.42 Å². The number of fused-ring (bicyclic) bond motifs is 1. The van der Waals surface area contributed by atoms with Crippen molar-refractivity contribution >= 4 is 38.1 Å². The summed E-state index contributed by atoms with van der Waals surface area (Å²) in [7, 11) is 4.95. The summed E-state index contributed by atoms with van der Waals surface area (Å²) in [5.74, 6) is -9.17. The molecule has 17 heteroatoms. The van der Waals surface area contributed by atoms with Crippen LogP contribution in [0.5, 0.6) is 0 Å². The van der Waals surface area contributed by atoms with Gasteiger partial charge in [-0.3, -0.25) is 14.4 Å². The molecule has 15 nitrogen and oxygen atoms in total. The smallest absolute Gasteiger partial charge is 0.351 e. The van der Waals surface area contributed by atoms with Gasteiger partial charge in [0.2, 0.25) is 0 Å². The Labute approximate surface area is 301 Å².